The minimum atomic E-state index is -0.0268. The highest BCUT2D eigenvalue weighted by molar-refractivity contribution is 8.01. The SMILES string of the molecule is C/C=C(/C)S/N=C(\N)C(C)(C)C. The second kappa shape index (κ2) is 4.55. The number of hydrogen-bond acceptors (Lipinski definition) is 2. The van der Waals surface area contributed by atoms with Crippen molar-refractivity contribution >= 4 is 17.8 Å². The first kappa shape index (κ1) is 11.6. The van der Waals surface area contributed by atoms with Crippen LogP contribution in [0.5, 0.6) is 0 Å². The van der Waals surface area contributed by atoms with Crippen LogP contribution in [0.1, 0.15) is 34.6 Å². The van der Waals surface area contributed by atoms with Crippen LogP contribution in [0.4, 0.5) is 0 Å². The van der Waals surface area contributed by atoms with Gasteiger partial charge in [-0.1, -0.05) is 26.8 Å². The van der Waals surface area contributed by atoms with Gasteiger partial charge in [0, 0.05) is 22.3 Å². The van der Waals surface area contributed by atoms with E-state index in [9.17, 15) is 0 Å². The van der Waals surface area contributed by atoms with E-state index in [0.29, 0.717) is 5.84 Å². The summed E-state index contributed by atoms with van der Waals surface area (Å²) in [6.45, 7) is 10.2. The van der Waals surface area contributed by atoms with Crippen molar-refractivity contribution < 1.29 is 0 Å². The minimum Gasteiger partial charge on any atom is -0.386 e. The van der Waals surface area contributed by atoms with Crippen LogP contribution in [0.15, 0.2) is 15.4 Å². The first-order chi connectivity index (χ1) is 5.38. The zero-order valence-corrected chi connectivity index (χ0v) is 9.33. The fourth-order valence-corrected chi connectivity index (χ4v) is 0.932. The van der Waals surface area contributed by atoms with Crippen molar-refractivity contribution in [1.82, 2.24) is 0 Å². The quantitative estimate of drug-likeness (QED) is 0.409. The van der Waals surface area contributed by atoms with Gasteiger partial charge in [-0.25, -0.2) is 0 Å². The third-order valence-electron chi connectivity index (χ3n) is 1.46. The van der Waals surface area contributed by atoms with Crippen LogP contribution in [0, 0.1) is 5.41 Å². The summed E-state index contributed by atoms with van der Waals surface area (Å²) in [6, 6.07) is 0. The lowest BCUT2D eigenvalue weighted by Crippen LogP contribution is -2.28. The van der Waals surface area contributed by atoms with Crippen molar-refractivity contribution in [2.24, 2.45) is 15.5 Å². The lowest BCUT2D eigenvalue weighted by molar-refractivity contribution is 0.586. The van der Waals surface area contributed by atoms with E-state index in [1.165, 1.54) is 16.9 Å². The van der Waals surface area contributed by atoms with Gasteiger partial charge in [0.25, 0.3) is 0 Å². The Bertz CT molecular complexity index is 199. The van der Waals surface area contributed by atoms with E-state index >= 15 is 0 Å². The minimum absolute atomic E-state index is 0.0268. The van der Waals surface area contributed by atoms with Crippen LogP contribution < -0.4 is 5.73 Å². The predicted octanol–water partition coefficient (Wildman–Crippen LogP) is 2.96. The fourth-order valence-electron chi connectivity index (χ4n) is 0.311. The lowest BCUT2D eigenvalue weighted by atomic mass is 9.96. The molecular formula is C9H18N2S. The zero-order chi connectivity index (χ0) is 9.78. The Balaban J connectivity index is 4.20. The molecule has 0 bridgehead atoms. The molecule has 0 saturated heterocycles. The second-order valence-electron chi connectivity index (χ2n) is 3.72. The van der Waals surface area contributed by atoms with Gasteiger partial charge in [0.2, 0.25) is 0 Å². The van der Waals surface area contributed by atoms with Gasteiger partial charge in [-0.05, 0) is 13.8 Å². The van der Waals surface area contributed by atoms with E-state index in [-0.39, 0.29) is 5.41 Å². The molecule has 0 aromatic rings. The maximum Gasteiger partial charge on any atom is 0.113 e. The molecule has 0 saturated carbocycles. The summed E-state index contributed by atoms with van der Waals surface area (Å²) >= 11 is 1.44. The molecule has 0 radical (unpaired) electrons. The molecule has 0 heterocycles. The van der Waals surface area contributed by atoms with E-state index in [1.807, 2.05) is 19.9 Å². The maximum absolute atomic E-state index is 5.76. The summed E-state index contributed by atoms with van der Waals surface area (Å²) < 4.78 is 4.21. The van der Waals surface area contributed by atoms with Crippen LogP contribution in [-0.2, 0) is 0 Å². The number of nitrogens with two attached hydrogens (primary N) is 1. The summed E-state index contributed by atoms with van der Waals surface area (Å²) in [4.78, 5) is 1.17. The van der Waals surface area contributed by atoms with Gasteiger partial charge in [0.15, 0.2) is 0 Å². The molecule has 3 heteroatoms. The molecule has 0 aliphatic carbocycles. The van der Waals surface area contributed by atoms with Crippen molar-refractivity contribution in [2.45, 2.75) is 34.6 Å². The highest BCUT2D eigenvalue weighted by Gasteiger charge is 2.15. The van der Waals surface area contributed by atoms with Gasteiger partial charge < -0.3 is 5.73 Å². The van der Waals surface area contributed by atoms with E-state index in [0.717, 1.165) is 0 Å². The van der Waals surface area contributed by atoms with Crippen LogP contribution >= 0.6 is 11.9 Å². The van der Waals surface area contributed by atoms with Crippen molar-refractivity contribution in [3.63, 3.8) is 0 Å². The van der Waals surface area contributed by atoms with Crippen LogP contribution in [0.25, 0.3) is 0 Å². The number of allylic oxidation sites excluding steroid dienone is 2. The zero-order valence-electron chi connectivity index (χ0n) is 8.51. The van der Waals surface area contributed by atoms with E-state index < -0.39 is 0 Å². The third-order valence-corrected chi connectivity index (χ3v) is 2.27. The molecule has 0 fully saturated rings. The monoisotopic (exact) mass is 186 g/mol. The van der Waals surface area contributed by atoms with Crippen LogP contribution in [0.2, 0.25) is 0 Å². The Morgan fingerprint density at radius 2 is 1.92 bits per heavy atom. The molecule has 0 aromatic carbocycles. The van der Waals surface area contributed by atoms with Crippen LogP contribution in [-0.4, -0.2) is 5.84 Å². The maximum atomic E-state index is 5.76. The molecule has 0 amide bonds. The molecule has 12 heavy (non-hydrogen) atoms. The Labute approximate surface area is 79.5 Å². The number of nitrogens with zero attached hydrogens (tertiary/aromatic N) is 1. The fraction of sp³-hybridized carbons (Fsp3) is 0.667. The van der Waals surface area contributed by atoms with E-state index in [1.54, 1.807) is 0 Å². The molecule has 2 N–H and O–H groups in total. The summed E-state index contributed by atoms with van der Waals surface area (Å²) in [6.07, 6.45) is 2.02. The largest absolute Gasteiger partial charge is 0.386 e. The summed E-state index contributed by atoms with van der Waals surface area (Å²) in [5.41, 5.74) is 5.73. The number of hydrogen-bond donors (Lipinski definition) is 1. The first-order valence-electron chi connectivity index (χ1n) is 4.02. The van der Waals surface area contributed by atoms with Gasteiger partial charge in [-0.2, -0.15) is 4.40 Å². The van der Waals surface area contributed by atoms with Crippen molar-refractivity contribution in [2.75, 3.05) is 0 Å². The van der Waals surface area contributed by atoms with Gasteiger partial charge in [-0.3, -0.25) is 0 Å². The standard InChI is InChI=1S/C9H18N2S/c1-6-7(2)12-11-8(10)9(3,4)5/h6H,1-5H3,(H2,10,11)/b7-6-. The summed E-state index contributed by atoms with van der Waals surface area (Å²) in [7, 11) is 0. The predicted molar refractivity (Wildman–Crippen MR) is 58.1 cm³/mol. The van der Waals surface area contributed by atoms with Gasteiger partial charge >= 0.3 is 0 Å². The Morgan fingerprint density at radius 1 is 1.42 bits per heavy atom. The topological polar surface area (TPSA) is 38.4 Å². The molecular weight excluding hydrogens is 168 g/mol. The number of amidine groups is 1. The Morgan fingerprint density at radius 3 is 2.25 bits per heavy atom. The molecule has 0 unspecified atom stereocenters. The molecule has 2 nitrogen and oxygen atoms in total. The van der Waals surface area contributed by atoms with Gasteiger partial charge in [-0.15, -0.1) is 0 Å². The molecule has 70 valence electrons. The molecule has 0 spiro atoms. The average Bonchev–Trinajstić information content (AvgIpc) is 1.97. The summed E-state index contributed by atoms with van der Waals surface area (Å²) in [5, 5.41) is 0. The highest BCUT2D eigenvalue weighted by Crippen LogP contribution is 2.20. The second-order valence-corrected chi connectivity index (χ2v) is 4.73. The van der Waals surface area contributed by atoms with Crippen molar-refractivity contribution in [1.29, 1.82) is 0 Å². The number of rotatable bonds is 2. The Kier molecular flexibility index (Phi) is 4.39. The Hall–Kier alpha value is -0.440. The van der Waals surface area contributed by atoms with Gasteiger partial charge in [0.1, 0.15) is 5.84 Å². The van der Waals surface area contributed by atoms with Crippen molar-refractivity contribution in [3.8, 4) is 0 Å². The molecule has 0 atom stereocenters. The first-order valence-corrected chi connectivity index (χ1v) is 4.79. The molecule has 0 aliphatic heterocycles. The summed E-state index contributed by atoms with van der Waals surface area (Å²) in [5.74, 6) is 0.689. The molecule has 0 aromatic heterocycles. The molecule has 0 aliphatic rings. The van der Waals surface area contributed by atoms with E-state index in [2.05, 4.69) is 25.2 Å². The third kappa shape index (κ3) is 4.44. The lowest BCUT2D eigenvalue weighted by Gasteiger charge is -2.16. The highest BCUT2D eigenvalue weighted by atomic mass is 32.2. The van der Waals surface area contributed by atoms with Crippen LogP contribution in [0.3, 0.4) is 0 Å². The van der Waals surface area contributed by atoms with Crippen molar-refractivity contribution in [3.05, 3.63) is 11.0 Å². The average molecular weight is 186 g/mol. The molecule has 0 rings (SSSR count). The smallest absolute Gasteiger partial charge is 0.113 e. The normalized spacial score (nSPS) is 15.1. The van der Waals surface area contributed by atoms with E-state index in [4.69, 9.17) is 5.73 Å². The van der Waals surface area contributed by atoms with Gasteiger partial charge in [0.05, 0.1) is 0 Å².